The van der Waals surface area contributed by atoms with E-state index in [-0.39, 0.29) is 0 Å². The highest BCUT2D eigenvalue weighted by atomic mass is 35.5. The van der Waals surface area contributed by atoms with Gasteiger partial charge in [0.15, 0.2) is 5.56 Å². The summed E-state index contributed by atoms with van der Waals surface area (Å²) < 4.78 is 0. The number of hydrogen-bond acceptors (Lipinski definition) is 2. The molecule has 0 bridgehead atoms. The molecule has 2 aromatic rings. The van der Waals surface area contributed by atoms with Crippen molar-refractivity contribution in [1.29, 1.82) is 0 Å². The smallest absolute Gasteiger partial charge is 0.183 e. The molecule has 0 saturated carbocycles. The van der Waals surface area contributed by atoms with Gasteiger partial charge in [-0.25, -0.2) is 0 Å². The van der Waals surface area contributed by atoms with E-state index in [9.17, 15) is 0 Å². The Balaban J connectivity index is 1.91. The highest BCUT2D eigenvalue weighted by molar-refractivity contribution is 6.19. The average molecular weight is 260 g/mol. The summed E-state index contributed by atoms with van der Waals surface area (Å²) in [7, 11) is 0. The number of hydroxylamine groups is 1. The summed E-state index contributed by atoms with van der Waals surface area (Å²) in [5, 5.41) is 0. The normalized spacial score (nSPS) is 11.8. The maximum atomic E-state index is 6.11. The minimum atomic E-state index is -0.549. The third kappa shape index (κ3) is 3.36. The number of rotatable bonds is 5. The van der Waals surface area contributed by atoms with Gasteiger partial charge >= 0.3 is 0 Å². The SMILES string of the molecule is C=C(NOC(Cl)c1ccccc1)c1ccccc1. The van der Waals surface area contributed by atoms with Gasteiger partial charge in [0.05, 0.1) is 5.70 Å². The van der Waals surface area contributed by atoms with Gasteiger partial charge in [0.25, 0.3) is 0 Å². The molecule has 0 aliphatic carbocycles. The first kappa shape index (κ1) is 12.7. The molecule has 3 heteroatoms. The zero-order chi connectivity index (χ0) is 12.8. The van der Waals surface area contributed by atoms with E-state index < -0.39 is 5.56 Å². The standard InChI is InChI=1S/C15H14ClNO/c1-12(13-8-4-2-5-9-13)17-18-15(16)14-10-6-3-7-11-14/h2-11,15,17H,1H2. The molecule has 0 fully saturated rings. The predicted molar refractivity (Wildman–Crippen MR) is 74.7 cm³/mol. The summed E-state index contributed by atoms with van der Waals surface area (Å²) in [6.45, 7) is 3.90. The van der Waals surface area contributed by atoms with Crippen LogP contribution in [0, 0.1) is 0 Å². The number of hydrogen-bond donors (Lipinski definition) is 1. The monoisotopic (exact) mass is 259 g/mol. The lowest BCUT2D eigenvalue weighted by atomic mass is 10.2. The largest absolute Gasteiger partial charge is 0.265 e. The molecule has 2 rings (SSSR count). The van der Waals surface area contributed by atoms with Crippen LogP contribution in [0.3, 0.4) is 0 Å². The van der Waals surface area contributed by atoms with Crippen molar-refractivity contribution in [1.82, 2.24) is 5.48 Å². The zero-order valence-electron chi connectivity index (χ0n) is 9.84. The van der Waals surface area contributed by atoms with Crippen molar-refractivity contribution in [2.24, 2.45) is 0 Å². The van der Waals surface area contributed by atoms with E-state index in [0.717, 1.165) is 11.1 Å². The Morgan fingerprint density at radius 1 is 1.00 bits per heavy atom. The zero-order valence-corrected chi connectivity index (χ0v) is 10.6. The van der Waals surface area contributed by atoms with Crippen LogP contribution in [0.15, 0.2) is 67.2 Å². The Bertz CT molecular complexity index is 498. The van der Waals surface area contributed by atoms with Crippen molar-refractivity contribution in [3.63, 3.8) is 0 Å². The Morgan fingerprint density at radius 2 is 1.56 bits per heavy atom. The van der Waals surface area contributed by atoms with Gasteiger partial charge in [-0.1, -0.05) is 78.8 Å². The van der Waals surface area contributed by atoms with Crippen LogP contribution in [0.1, 0.15) is 16.7 Å². The minimum absolute atomic E-state index is 0.549. The molecule has 0 heterocycles. The van der Waals surface area contributed by atoms with Crippen LogP contribution >= 0.6 is 11.6 Å². The molecule has 1 unspecified atom stereocenters. The number of benzene rings is 2. The first-order valence-corrected chi connectivity index (χ1v) is 6.06. The number of nitrogens with one attached hydrogen (secondary N) is 1. The van der Waals surface area contributed by atoms with Crippen molar-refractivity contribution in [3.05, 3.63) is 78.4 Å². The quantitative estimate of drug-likeness (QED) is 0.644. The fourth-order valence-corrected chi connectivity index (χ4v) is 1.68. The summed E-state index contributed by atoms with van der Waals surface area (Å²) in [6.07, 6.45) is 0. The van der Waals surface area contributed by atoms with E-state index in [2.05, 4.69) is 12.1 Å². The maximum Gasteiger partial charge on any atom is 0.183 e. The summed E-state index contributed by atoms with van der Waals surface area (Å²) in [5.74, 6) is 0. The topological polar surface area (TPSA) is 21.3 Å². The molecular weight excluding hydrogens is 246 g/mol. The van der Waals surface area contributed by atoms with Crippen LogP contribution in [0.25, 0.3) is 5.70 Å². The third-order valence-electron chi connectivity index (χ3n) is 2.47. The molecular formula is C15H14ClNO. The van der Waals surface area contributed by atoms with Gasteiger partial charge in [-0.15, -0.1) is 0 Å². The molecule has 1 atom stereocenters. The number of alkyl halides is 1. The molecule has 0 amide bonds. The summed E-state index contributed by atoms with van der Waals surface area (Å²) in [6, 6.07) is 19.3. The fraction of sp³-hybridized carbons (Fsp3) is 0.0667. The second-order valence-electron chi connectivity index (χ2n) is 3.79. The summed E-state index contributed by atoms with van der Waals surface area (Å²) >= 11 is 6.11. The van der Waals surface area contributed by atoms with Crippen molar-refractivity contribution >= 4 is 17.3 Å². The summed E-state index contributed by atoms with van der Waals surface area (Å²) in [5.41, 5.74) is 4.76. The molecule has 2 aromatic carbocycles. The van der Waals surface area contributed by atoms with Gasteiger partial charge in [0.2, 0.25) is 0 Å². The van der Waals surface area contributed by atoms with Gasteiger partial charge in [0.1, 0.15) is 0 Å². The maximum absolute atomic E-state index is 6.11. The predicted octanol–water partition coefficient (Wildman–Crippen LogP) is 4.12. The molecule has 92 valence electrons. The van der Waals surface area contributed by atoms with Crippen LogP contribution < -0.4 is 5.48 Å². The van der Waals surface area contributed by atoms with Crippen LogP contribution in [0.5, 0.6) is 0 Å². The van der Waals surface area contributed by atoms with E-state index >= 15 is 0 Å². The van der Waals surface area contributed by atoms with Crippen LogP contribution in [-0.2, 0) is 4.84 Å². The molecule has 1 N–H and O–H groups in total. The minimum Gasteiger partial charge on any atom is -0.265 e. The number of halogens is 1. The Labute approximate surface area is 112 Å². The van der Waals surface area contributed by atoms with Crippen molar-refractivity contribution in [2.75, 3.05) is 0 Å². The summed E-state index contributed by atoms with van der Waals surface area (Å²) in [4.78, 5) is 5.36. The van der Waals surface area contributed by atoms with E-state index in [0.29, 0.717) is 5.70 Å². The highest BCUT2D eigenvalue weighted by Crippen LogP contribution is 2.21. The Morgan fingerprint density at radius 3 is 2.17 bits per heavy atom. The van der Waals surface area contributed by atoms with Gasteiger partial charge < -0.3 is 0 Å². The fourth-order valence-electron chi connectivity index (χ4n) is 1.49. The van der Waals surface area contributed by atoms with E-state index in [1.54, 1.807) is 0 Å². The van der Waals surface area contributed by atoms with Crippen LogP contribution in [0.4, 0.5) is 0 Å². The molecule has 0 saturated heterocycles. The molecule has 0 aliphatic heterocycles. The van der Waals surface area contributed by atoms with Gasteiger partial charge in [0, 0.05) is 0 Å². The van der Waals surface area contributed by atoms with E-state index in [1.807, 2.05) is 60.7 Å². The average Bonchev–Trinajstić information content (AvgIpc) is 2.46. The van der Waals surface area contributed by atoms with E-state index in [1.165, 1.54) is 0 Å². The molecule has 2 nitrogen and oxygen atoms in total. The van der Waals surface area contributed by atoms with Crippen molar-refractivity contribution in [2.45, 2.75) is 5.56 Å². The molecule has 18 heavy (non-hydrogen) atoms. The first-order valence-electron chi connectivity index (χ1n) is 5.62. The van der Waals surface area contributed by atoms with Crippen LogP contribution in [0.2, 0.25) is 0 Å². The van der Waals surface area contributed by atoms with Gasteiger partial charge in [-0.05, 0) is 11.1 Å². The van der Waals surface area contributed by atoms with Crippen LogP contribution in [-0.4, -0.2) is 0 Å². The van der Waals surface area contributed by atoms with Gasteiger partial charge in [-0.2, -0.15) is 0 Å². The lowest BCUT2D eigenvalue weighted by Gasteiger charge is -2.14. The van der Waals surface area contributed by atoms with Gasteiger partial charge in [-0.3, -0.25) is 10.3 Å². The Kier molecular flexibility index (Phi) is 4.40. The highest BCUT2D eigenvalue weighted by Gasteiger charge is 2.08. The van der Waals surface area contributed by atoms with Crippen molar-refractivity contribution < 1.29 is 4.84 Å². The van der Waals surface area contributed by atoms with Crippen molar-refractivity contribution in [3.8, 4) is 0 Å². The Hall–Kier alpha value is -1.77. The third-order valence-corrected chi connectivity index (χ3v) is 2.81. The van der Waals surface area contributed by atoms with E-state index in [4.69, 9.17) is 16.4 Å². The lowest BCUT2D eigenvalue weighted by Crippen LogP contribution is -2.14. The second-order valence-corrected chi connectivity index (χ2v) is 4.19. The lowest BCUT2D eigenvalue weighted by molar-refractivity contribution is 0.0532. The first-order chi connectivity index (χ1) is 8.77. The molecule has 0 aliphatic rings. The molecule has 0 radical (unpaired) electrons. The molecule has 0 spiro atoms. The molecule has 0 aromatic heterocycles. The second kappa shape index (κ2) is 6.24.